The number of hydrogen-bond donors (Lipinski definition) is 2. The Bertz CT molecular complexity index is 324. The molecule has 5 heteroatoms. The first kappa shape index (κ1) is 12.0. The highest BCUT2D eigenvalue weighted by Crippen LogP contribution is 2.17. The van der Waals surface area contributed by atoms with Gasteiger partial charge in [0.25, 0.3) is 0 Å². The van der Waals surface area contributed by atoms with Gasteiger partial charge in [-0.3, -0.25) is 0 Å². The van der Waals surface area contributed by atoms with Crippen LogP contribution in [0, 0.1) is 11.3 Å². The summed E-state index contributed by atoms with van der Waals surface area (Å²) < 4.78 is 0. The van der Waals surface area contributed by atoms with E-state index in [-0.39, 0.29) is 11.1 Å². The zero-order valence-corrected chi connectivity index (χ0v) is 9.55. The predicted molar refractivity (Wildman–Crippen MR) is 61.9 cm³/mol. The monoisotopic (exact) mass is 225 g/mol. The molecule has 0 amide bonds. The van der Waals surface area contributed by atoms with Crippen molar-refractivity contribution in [3.63, 3.8) is 0 Å². The SMILES string of the molecule is C/C(=C(/C#N)C(N)=S)N1CCC(O)CC1. The minimum absolute atomic E-state index is 0.140. The van der Waals surface area contributed by atoms with E-state index in [1.807, 2.05) is 17.9 Å². The van der Waals surface area contributed by atoms with E-state index >= 15 is 0 Å². The Hall–Kier alpha value is -1.12. The van der Waals surface area contributed by atoms with Crippen molar-refractivity contribution in [1.82, 2.24) is 4.90 Å². The smallest absolute Gasteiger partial charge is 0.116 e. The number of aliphatic hydroxyl groups excluding tert-OH is 1. The summed E-state index contributed by atoms with van der Waals surface area (Å²) in [5.74, 6) is 0. The average molecular weight is 225 g/mol. The van der Waals surface area contributed by atoms with E-state index in [0.717, 1.165) is 31.6 Å². The lowest BCUT2D eigenvalue weighted by atomic mass is 10.1. The Morgan fingerprint density at radius 3 is 2.47 bits per heavy atom. The number of thiocarbonyl (C=S) groups is 1. The number of nitriles is 1. The summed E-state index contributed by atoms with van der Waals surface area (Å²) in [5.41, 5.74) is 6.65. The molecule has 0 aromatic carbocycles. The first-order valence-corrected chi connectivity index (χ1v) is 5.31. The molecule has 0 aliphatic carbocycles. The number of hydrogen-bond acceptors (Lipinski definition) is 4. The van der Waals surface area contributed by atoms with Gasteiger partial charge >= 0.3 is 0 Å². The predicted octanol–water partition coefficient (Wildman–Crippen LogP) is 0.527. The van der Waals surface area contributed by atoms with Crippen molar-refractivity contribution in [2.45, 2.75) is 25.9 Å². The van der Waals surface area contributed by atoms with Gasteiger partial charge in [-0.2, -0.15) is 5.26 Å². The van der Waals surface area contributed by atoms with Crippen LogP contribution in [0.2, 0.25) is 0 Å². The molecular weight excluding hydrogens is 210 g/mol. The van der Waals surface area contributed by atoms with Crippen molar-refractivity contribution in [3.8, 4) is 6.07 Å². The van der Waals surface area contributed by atoms with Gasteiger partial charge < -0.3 is 15.7 Å². The minimum Gasteiger partial charge on any atom is -0.393 e. The van der Waals surface area contributed by atoms with Crippen molar-refractivity contribution >= 4 is 17.2 Å². The van der Waals surface area contributed by atoms with Crippen LogP contribution in [0.4, 0.5) is 0 Å². The molecule has 0 saturated carbocycles. The fourth-order valence-electron chi connectivity index (χ4n) is 1.67. The van der Waals surface area contributed by atoms with Crippen molar-refractivity contribution in [2.75, 3.05) is 13.1 Å². The van der Waals surface area contributed by atoms with Crippen molar-refractivity contribution in [3.05, 3.63) is 11.3 Å². The maximum absolute atomic E-state index is 9.36. The summed E-state index contributed by atoms with van der Waals surface area (Å²) in [6.07, 6.45) is 1.24. The third kappa shape index (κ3) is 2.91. The molecule has 0 spiro atoms. The first-order valence-electron chi connectivity index (χ1n) is 4.90. The zero-order chi connectivity index (χ0) is 11.4. The Morgan fingerprint density at radius 2 is 2.07 bits per heavy atom. The van der Waals surface area contributed by atoms with Crippen LogP contribution in [-0.4, -0.2) is 34.2 Å². The molecule has 4 nitrogen and oxygen atoms in total. The summed E-state index contributed by atoms with van der Waals surface area (Å²) in [6.45, 7) is 3.34. The number of piperidine rings is 1. The van der Waals surface area contributed by atoms with Gasteiger partial charge in [0.1, 0.15) is 16.6 Å². The van der Waals surface area contributed by atoms with E-state index in [1.54, 1.807) is 0 Å². The molecule has 0 radical (unpaired) electrons. The van der Waals surface area contributed by atoms with E-state index in [0.29, 0.717) is 5.57 Å². The largest absolute Gasteiger partial charge is 0.393 e. The second kappa shape index (κ2) is 5.10. The summed E-state index contributed by atoms with van der Waals surface area (Å²) in [4.78, 5) is 2.19. The highest BCUT2D eigenvalue weighted by atomic mass is 32.1. The number of nitrogens with zero attached hydrogens (tertiary/aromatic N) is 2. The van der Waals surface area contributed by atoms with Gasteiger partial charge in [-0.25, -0.2) is 0 Å². The van der Waals surface area contributed by atoms with Gasteiger partial charge in [-0.15, -0.1) is 0 Å². The molecule has 0 bridgehead atoms. The van der Waals surface area contributed by atoms with Crippen molar-refractivity contribution in [2.24, 2.45) is 5.73 Å². The van der Waals surface area contributed by atoms with Gasteiger partial charge in [-0.05, 0) is 19.8 Å². The third-order valence-electron chi connectivity index (χ3n) is 2.66. The maximum atomic E-state index is 9.36. The molecule has 1 heterocycles. The molecule has 0 aromatic heterocycles. The van der Waals surface area contributed by atoms with Crippen LogP contribution in [0.5, 0.6) is 0 Å². The van der Waals surface area contributed by atoms with Crippen LogP contribution in [0.15, 0.2) is 11.3 Å². The summed E-state index contributed by atoms with van der Waals surface area (Å²) >= 11 is 4.81. The van der Waals surface area contributed by atoms with E-state index in [9.17, 15) is 5.11 Å². The van der Waals surface area contributed by atoms with Crippen LogP contribution in [0.1, 0.15) is 19.8 Å². The quantitative estimate of drug-likeness (QED) is 0.407. The average Bonchev–Trinajstić information content (AvgIpc) is 2.19. The summed E-state index contributed by atoms with van der Waals surface area (Å²) in [7, 11) is 0. The highest BCUT2D eigenvalue weighted by molar-refractivity contribution is 7.80. The van der Waals surface area contributed by atoms with Crippen molar-refractivity contribution in [1.29, 1.82) is 5.26 Å². The van der Waals surface area contributed by atoms with E-state index in [4.69, 9.17) is 23.2 Å². The van der Waals surface area contributed by atoms with Crippen LogP contribution in [0.3, 0.4) is 0 Å². The molecule has 0 aromatic rings. The number of allylic oxidation sites excluding steroid dienone is 1. The lowest BCUT2D eigenvalue weighted by molar-refractivity contribution is 0.0970. The molecular formula is C10H15N3OS. The molecule has 1 rings (SSSR count). The van der Waals surface area contributed by atoms with E-state index in [2.05, 4.69) is 0 Å². The van der Waals surface area contributed by atoms with Gasteiger partial charge in [0.05, 0.1) is 6.10 Å². The third-order valence-corrected chi connectivity index (χ3v) is 2.86. The van der Waals surface area contributed by atoms with Gasteiger partial charge in [0.2, 0.25) is 0 Å². The summed E-state index contributed by atoms with van der Waals surface area (Å²) in [5, 5.41) is 18.3. The molecule has 1 aliphatic heterocycles. The van der Waals surface area contributed by atoms with E-state index < -0.39 is 0 Å². The maximum Gasteiger partial charge on any atom is 0.116 e. The molecule has 1 aliphatic rings. The van der Waals surface area contributed by atoms with Crippen molar-refractivity contribution < 1.29 is 5.11 Å². The van der Waals surface area contributed by atoms with Crippen LogP contribution < -0.4 is 5.73 Å². The Kier molecular flexibility index (Phi) is 4.06. The van der Waals surface area contributed by atoms with Gasteiger partial charge in [0, 0.05) is 18.8 Å². The number of rotatable bonds is 2. The molecule has 0 atom stereocenters. The summed E-state index contributed by atoms with van der Waals surface area (Å²) in [6, 6.07) is 2.02. The van der Waals surface area contributed by atoms with Gasteiger partial charge in [0.15, 0.2) is 0 Å². The minimum atomic E-state index is -0.218. The van der Waals surface area contributed by atoms with Crippen LogP contribution >= 0.6 is 12.2 Å². The molecule has 1 saturated heterocycles. The van der Waals surface area contributed by atoms with E-state index in [1.165, 1.54) is 0 Å². The normalized spacial score (nSPS) is 19.4. The second-order valence-corrected chi connectivity index (χ2v) is 4.09. The fraction of sp³-hybridized carbons (Fsp3) is 0.600. The molecule has 15 heavy (non-hydrogen) atoms. The molecule has 0 unspecified atom stereocenters. The molecule has 82 valence electrons. The van der Waals surface area contributed by atoms with Gasteiger partial charge in [-0.1, -0.05) is 12.2 Å². The Balaban J connectivity index is 2.79. The molecule has 3 N–H and O–H groups in total. The first-order chi connectivity index (χ1) is 7.06. The number of likely N-dealkylation sites (tertiary alicyclic amines) is 1. The highest BCUT2D eigenvalue weighted by Gasteiger charge is 2.19. The topological polar surface area (TPSA) is 73.3 Å². The zero-order valence-electron chi connectivity index (χ0n) is 8.73. The standard InChI is InChI=1S/C10H15N3OS/c1-7(9(6-11)10(12)15)13-4-2-8(14)3-5-13/h8,14H,2-5H2,1H3,(H2,12,15)/b9-7+. The number of nitrogens with two attached hydrogens (primary N) is 1. The van der Waals surface area contributed by atoms with Crippen LogP contribution in [0.25, 0.3) is 0 Å². The molecule has 1 fully saturated rings. The second-order valence-electron chi connectivity index (χ2n) is 3.65. The lowest BCUT2D eigenvalue weighted by Crippen LogP contribution is -2.35. The Labute approximate surface area is 95.0 Å². The van der Waals surface area contributed by atoms with Crippen LogP contribution in [-0.2, 0) is 0 Å². The number of aliphatic hydroxyl groups is 1. The fourth-order valence-corrected chi connectivity index (χ4v) is 1.87. The lowest BCUT2D eigenvalue weighted by Gasteiger charge is -2.32. The Morgan fingerprint density at radius 1 is 1.53 bits per heavy atom.